The first-order chi connectivity index (χ1) is 8.52. The molecule has 0 aromatic heterocycles. The normalized spacial score (nSPS) is 12.3. The summed E-state index contributed by atoms with van der Waals surface area (Å²) in [6.45, 7) is 1.67. The second-order valence-corrected chi connectivity index (χ2v) is 3.69. The molecular weight excluding hydrogens is 237 g/mol. The van der Waals surface area contributed by atoms with Gasteiger partial charge in [0.1, 0.15) is 11.9 Å². The van der Waals surface area contributed by atoms with Gasteiger partial charge in [0.25, 0.3) is 0 Å². The Morgan fingerprint density at radius 2 is 2.00 bits per heavy atom. The van der Waals surface area contributed by atoms with Gasteiger partial charge in [-0.05, 0) is 30.2 Å². The third kappa shape index (κ3) is 4.37. The summed E-state index contributed by atoms with van der Waals surface area (Å²) in [6, 6.07) is 4.71. The van der Waals surface area contributed by atoms with E-state index in [1.165, 1.54) is 36.4 Å². The maximum Gasteiger partial charge on any atom is 0.326 e. The standard InChI is InChI=1S/C13H14FNO3/c1-2-11(13(17)18)15-12(16)8-5-9-3-6-10(14)7-4-9/h3-8,11H,2H2,1H3,(H,15,16)(H,17,18)/b8-5+. The number of rotatable bonds is 5. The fourth-order valence-corrected chi connectivity index (χ4v) is 1.30. The van der Waals surface area contributed by atoms with Crippen molar-refractivity contribution in [1.29, 1.82) is 0 Å². The van der Waals surface area contributed by atoms with Gasteiger partial charge in [0.15, 0.2) is 0 Å². The molecule has 5 heteroatoms. The summed E-state index contributed by atoms with van der Waals surface area (Å²) in [5, 5.41) is 11.1. The van der Waals surface area contributed by atoms with E-state index in [1.807, 2.05) is 0 Å². The fraction of sp³-hybridized carbons (Fsp3) is 0.231. The van der Waals surface area contributed by atoms with E-state index in [9.17, 15) is 14.0 Å². The smallest absolute Gasteiger partial charge is 0.326 e. The van der Waals surface area contributed by atoms with Crippen molar-refractivity contribution in [3.05, 3.63) is 41.7 Å². The van der Waals surface area contributed by atoms with E-state index in [4.69, 9.17) is 5.11 Å². The van der Waals surface area contributed by atoms with Crippen molar-refractivity contribution in [3.8, 4) is 0 Å². The van der Waals surface area contributed by atoms with Gasteiger partial charge in [-0.25, -0.2) is 9.18 Å². The van der Waals surface area contributed by atoms with E-state index in [-0.39, 0.29) is 5.82 Å². The number of aliphatic carboxylic acids is 1. The number of benzene rings is 1. The van der Waals surface area contributed by atoms with E-state index in [1.54, 1.807) is 6.92 Å². The largest absolute Gasteiger partial charge is 0.480 e. The summed E-state index contributed by atoms with van der Waals surface area (Å²) in [5.41, 5.74) is 0.662. The first kappa shape index (κ1) is 13.9. The number of halogens is 1. The van der Waals surface area contributed by atoms with E-state index in [2.05, 4.69) is 5.32 Å². The average molecular weight is 251 g/mol. The van der Waals surface area contributed by atoms with Crippen LogP contribution in [0.3, 0.4) is 0 Å². The topological polar surface area (TPSA) is 66.4 Å². The third-order valence-electron chi connectivity index (χ3n) is 2.32. The van der Waals surface area contributed by atoms with E-state index < -0.39 is 17.9 Å². The zero-order valence-corrected chi connectivity index (χ0v) is 9.89. The molecule has 1 rings (SSSR count). The number of nitrogens with one attached hydrogen (secondary N) is 1. The SMILES string of the molecule is CCC(NC(=O)/C=C/c1ccc(F)cc1)C(=O)O. The molecule has 1 unspecified atom stereocenters. The Labute approximate surface area is 104 Å². The van der Waals surface area contributed by atoms with Gasteiger partial charge in [-0.2, -0.15) is 0 Å². The molecule has 0 saturated heterocycles. The lowest BCUT2D eigenvalue weighted by Crippen LogP contribution is -2.39. The summed E-state index contributed by atoms with van der Waals surface area (Å²) in [6.07, 6.45) is 3.02. The van der Waals surface area contributed by atoms with Crippen LogP contribution in [0.1, 0.15) is 18.9 Å². The molecule has 0 aliphatic carbocycles. The highest BCUT2D eigenvalue weighted by atomic mass is 19.1. The molecular formula is C13H14FNO3. The lowest BCUT2D eigenvalue weighted by Gasteiger charge is -2.09. The molecule has 18 heavy (non-hydrogen) atoms. The molecule has 96 valence electrons. The second-order valence-electron chi connectivity index (χ2n) is 3.69. The molecule has 1 amide bonds. The van der Waals surface area contributed by atoms with Gasteiger partial charge in [-0.1, -0.05) is 19.1 Å². The van der Waals surface area contributed by atoms with Gasteiger partial charge < -0.3 is 10.4 Å². The Bertz CT molecular complexity index is 454. The van der Waals surface area contributed by atoms with Crippen molar-refractivity contribution in [2.75, 3.05) is 0 Å². The molecule has 2 N–H and O–H groups in total. The minimum Gasteiger partial charge on any atom is -0.480 e. The summed E-state index contributed by atoms with van der Waals surface area (Å²) in [5.74, 6) is -1.91. The molecule has 0 spiro atoms. The molecule has 0 aliphatic heterocycles. The number of carboxylic acid groups (broad SMARTS) is 1. The Hall–Kier alpha value is -2.17. The first-order valence-electron chi connectivity index (χ1n) is 5.50. The summed E-state index contributed by atoms with van der Waals surface area (Å²) < 4.78 is 12.6. The lowest BCUT2D eigenvalue weighted by atomic mass is 10.2. The van der Waals surface area contributed by atoms with Crippen LogP contribution in [0.25, 0.3) is 6.08 Å². The molecule has 0 heterocycles. The molecule has 0 fully saturated rings. The predicted molar refractivity (Wildman–Crippen MR) is 65.3 cm³/mol. The summed E-state index contributed by atoms with van der Waals surface area (Å²) in [7, 11) is 0. The van der Waals surface area contributed by atoms with E-state index >= 15 is 0 Å². The molecule has 1 aromatic carbocycles. The van der Waals surface area contributed by atoms with Crippen molar-refractivity contribution < 1.29 is 19.1 Å². The zero-order valence-electron chi connectivity index (χ0n) is 9.89. The van der Waals surface area contributed by atoms with Crippen molar-refractivity contribution >= 4 is 18.0 Å². The highest BCUT2D eigenvalue weighted by Crippen LogP contribution is 2.04. The van der Waals surface area contributed by atoms with Crippen molar-refractivity contribution in [2.24, 2.45) is 0 Å². The van der Waals surface area contributed by atoms with Crippen LogP contribution in [-0.4, -0.2) is 23.0 Å². The first-order valence-corrected chi connectivity index (χ1v) is 5.50. The van der Waals surface area contributed by atoms with Crippen LogP contribution in [0.15, 0.2) is 30.3 Å². The molecule has 4 nitrogen and oxygen atoms in total. The van der Waals surface area contributed by atoms with Crippen LogP contribution in [0.2, 0.25) is 0 Å². The monoisotopic (exact) mass is 251 g/mol. The number of hydrogen-bond donors (Lipinski definition) is 2. The molecule has 0 saturated carbocycles. The van der Waals surface area contributed by atoms with E-state index in [0.717, 1.165) is 0 Å². The minimum absolute atomic E-state index is 0.311. The van der Waals surface area contributed by atoms with Gasteiger partial charge in [0.2, 0.25) is 5.91 Å². The fourth-order valence-electron chi connectivity index (χ4n) is 1.30. The molecule has 0 aliphatic rings. The number of hydrogen-bond acceptors (Lipinski definition) is 2. The van der Waals surface area contributed by atoms with Gasteiger partial charge in [-0.15, -0.1) is 0 Å². The Balaban J connectivity index is 2.59. The number of carbonyl (C=O) groups excluding carboxylic acids is 1. The van der Waals surface area contributed by atoms with E-state index in [0.29, 0.717) is 12.0 Å². The molecule has 0 radical (unpaired) electrons. The van der Waals surface area contributed by atoms with Gasteiger partial charge in [0.05, 0.1) is 0 Å². The Morgan fingerprint density at radius 3 is 2.50 bits per heavy atom. The zero-order chi connectivity index (χ0) is 13.5. The van der Waals surface area contributed by atoms with Crippen LogP contribution in [0.5, 0.6) is 0 Å². The maximum atomic E-state index is 12.6. The predicted octanol–water partition coefficient (Wildman–Crippen LogP) is 1.82. The minimum atomic E-state index is -1.07. The quantitative estimate of drug-likeness (QED) is 0.784. The second kappa shape index (κ2) is 6.54. The van der Waals surface area contributed by atoms with Gasteiger partial charge >= 0.3 is 5.97 Å². The summed E-state index contributed by atoms with van der Waals surface area (Å²) >= 11 is 0. The van der Waals surface area contributed by atoms with Crippen molar-refractivity contribution in [2.45, 2.75) is 19.4 Å². The van der Waals surface area contributed by atoms with Crippen molar-refractivity contribution in [1.82, 2.24) is 5.32 Å². The number of carbonyl (C=O) groups is 2. The average Bonchev–Trinajstić information content (AvgIpc) is 2.35. The third-order valence-corrected chi connectivity index (χ3v) is 2.32. The van der Waals surface area contributed by atoms with Crippen LogP contribution in [0, 0.1) is 5.82 Å². The van der Waals surface area contributed by atoms with Gasteiger partial charge in [-0.3, -0.25) is 4.79 Å². The Morgan fingerprint density at radius 1 is 1.39 bits per heavy atom. The molecule has 0 bridgehead atoms. The molecule has 1 aromatic rings. The summed E-state index contributed by atoms with van der Waals surface area (Å²) in [4.78, 5) is 22.1. The highest BCUT2D eigenvalue weighted by Gasteiger charge is 2.15. The molecule has 1 atom stereocenters. The Kier molecular flexibility index (Phi) is 5.05. The van der Waals surface area contributed by atoms with Gasteiger partial charge in [0, 0.05) is 6.08 Å². The number of amides is 1. The maximum absolute atomic E-state index is 12.6. The van der Waals surface area contributed by atoms with Crippen molar-refractivity contribution in [3.63, 3.8) is 0 Å². The van der Waals surface area contributed by atoms with Crippen LogP contribution >= 0.6 is 0 Å². The van der Waals surface area contributed by atoms with Crippen LogP contribution in [-0.2, 0) is 9.59 Å². The van der Waals surface area contributed by atoms with Crippen LogP contribution < -0.4 is 5.32 Å². The van der Waals surface area contributed by atoms with Crippen LogP contribution in [0.4, 0.5) is 4.39 Å². The lowest BCUT2D eigenvalue weighted by molar-refractivity contribution is -0.141. The highest BCUT2D eigenvalue weighted by molar-refractivity contribution is 5.94. The number of carboxylic acids is 1.